The molecule has 112 valence electrons. The Morgan fingerprint density at radius 1 is 1.45 bits per heavy atom. The number of rotatable bonds is 7. The van der Waals surface area contributed by atoms with E-state index in [4.69, 9.17) is 18.0 Å². The summed E-state index contributed by atoms with van der Waals surface area (Å²) in [7, 11) is 0. The van der Waals surface area contributed by atoms with E-state index in [-0.39, 0.29) is 11.6 Å². The summed E-state index contributed by atoms with van der Waals surface area (Å²) in [5.74, 6) is 0.904. The maximum atomic E-state index is 12.5. The molecule has 0 aliphatic heterocycles. The number of thiocarbonyl (C=S) groups is 1. The van der Waals surface area contributed by atoms with Crippen molar-refractivity contribution < 1.29 is 0 Å². The Morgan fingerprint density at radius 2 is 2.10 bits per heavy atom. The molecule has 2 N–H and O–H groups in total. The van der Waals surface area contributed by atoms with Crippen LogP contribution in [0.25, 0.3) is 0 Å². The zero-order valence-electron chi connectivity index (χ0n) is 12.7. The molecule has 0 saturated carbocycles. The molecule has 0 spiro atoms. The fraction of sp³-hybridized carbons (Fsp3) is 0.643. The van der Waals surface area contributed by atoms with Crippen molar-refractivity contribution in [2.24, 2.45) is 11.7 Å². The summed E-state index contributed by atoms with van der Waals surface area (Å²) in [6.45, 7) is 9.56. The first-order chi connectivity index (χ1) is 9.32. The van der Waals surface area contributed by atoms with Crippen LogP contribution in [0.1, 0.15) is 40.2 Å². The fourth-order valence-corrected chi connectivity index (χ4v) is 2.10. The van der Waals surface area contributed by atoms with Gasteiger partial charge in [0.25, 0.3) is 5.56 Å². The lowest BCUT2D eigenvalue weighted by Gasteiger charge is -2.25. The van der Waals surface area contributed by atoms with E-state index >= 15 is 0 Å². The Kier molecular flexibility index (Phi) is 6.13. The topological polar surface area (TPSA) is 64.2 Å². The number of hydrogen-bond donors (Lipinski definition) is 1. The van der Waals surface area contributed by atoms with E-state index < -0.39 is 0 Å². The van der Waals surface area contributed by atoms with E-state index in [0.717, 1.165) is 6.54 Å². The first kappa shape index (κ1) is 16.6. The van der Waals surface area contributed by atoms with Crippen LogP contribution in [0.5, 0.6) is 0 Å². The Hall–Kier alpha value is -1.43. The number of anilines is 1. The summed E-state index contributed by atoms with van der Waals surface area (Å²) in [4.78, 5) is 19.2. The molecule has 5 nitrogen and oxygen atoms in total. The summed E-state index contributed by atoms with van der Waals surface area (Å²) in [6.07, 6.45) is 3.97. The van der Waals surface area contributed by atoms with Crippen molar-refractivity contribution in [2.45, 2.75) is 40.2 Å². The Bertz CT molecular complexity index is 510. The molecule has 6 heteroatoms. The minimum atomic E-state index is -0.0638. The van der Waals surface area contributed by atoms with Crippen molar-refractivity contribution in [3.8, 4) is 0 Å². The van der Waals surface area contributed by atoms with Crippen LogP contribution in [0.3, 0.4) is 0 Å². The standard InChI is InChI=1S/C14H24N4OS/c1-10(2)9-17(7-5-12(15)20)13-14(19)18(11(3)4)8-6-16-13/h6,8,10-11H,5,7,9H2,1-4H3,(H2,15,20). The molecular weight excluding hydrogens is 272 g/mol. The van der Waals surface area contributed by atoms with Crippen LogP contribution >= 0.6 is 12.2 Å². The molecule has 0 aliphatic carbocycles. The molecule has 0 aromatic carbocycles. The van der Waals surface area contributed by atoms with Gasteiger partial charge < -0.3 is 15.2 Å². The molecule has 1 aromatic heterocycles. The van der Waals surface area contributed by atoms with Gasteiger partial charge in [-0.05, 0) is 19.8 Å². The quantitative estimate of drug-likeness (QED) is 0.779. The fourth-order valence-electron chi connectivity index (χ4n) is 2.01. The monoisotopic (exact) mass is 296 g/mol. The van der Waals surface area contributed by atoms with Gasteiger partial charge in [-0.25, -0.2) is 4.98 Å². The normalized spacial score (nSPS) is 11.1. The van der Waals surface area contributed by atoms with Gasteiger partial charge in [0.2, 0.25) is 0 Å². The van der Waals surface area contributed by atoms with Crippen molar-refractivity contribution in [1.29, 1.82) is 0 Å². The second kappa shape index (κ2) is 7.38. The second-order valence-corrected chi connectivity index (χ2v) is 6.14. The van der Waals surface area contributed by atoms with E-state index in [2.05, 4.69) is 18.8 Å². The van der Waals surface area contributed by atoms with Gasteiger partial charge in [0.1, 0.15) is 0 Å². The van der Waals surface area contributed by atoms with Crippen LogP contribution < -0.4 is 16.2 Å². The van der Waals surface area contributed by atoms with Gasteiger partial charge in [0.15, 0.2) is 5.82 Å². The smallest absolute Gasteiger partial charge is 0.293 e. The van der Waals surface area contributed by atoms with Crippen molar-refractivity contribution in [3.63, 3.8) is 0 Å². The largest absolute Gasteiger partial charge is 0.393 e. The summed E-state index contributed by atoms with van der Waals surface area (Å²) in [5.41, 5.74) is 5.50. The lowest BCUT2D eigenvalue weighted by molar-refractivity contribution is 0.561. The third-order valence-corrected chi connectivity index (χ3v) is 3.12. The van der Waals surface area contributed by atoms with Gasteiger partial charge in [-0.2, -0.15) is 0 Å². The zero-order chi connectivity index (χ0) is 15.3. The molecule has 1 rings (SSSR count). The molecule has 0 unspecified atom stereocenters. The van der Waals surface area contributed by atoms with Crippen LogP contribution in [0.4, 0.5) is 5.82 Å². The Morgan fingerprint density at radius 3 is 2.60 bits per heavy atom. The highest BCUT2D eigenvalue weighted by Gasteiger charge is 2.16. The molecule has 0 amide bonds. The lowest BCUT2D eigenvalue weighted by atomic mass is 10.2. The molecule has 0 saturated heterocycles. The summed E-state index contributed by atoms with van der Waals surface area (Å²) in [5, 5.41) is 0. The van der Waals surface area contributed by atoms with E-state index in [0.29, 0.717) is 29.7 Å². The summed E-state index contributed by atoms with van der Waals surface area (Å²) < 4.78 is 1.69. The van der Waals surface area contributed by atoms with Gasteiger partial charge in [0.05, 0.1) is 4.99 Å². The highest BCUT2D eigenvalue weighted by atomic mass is 32.1. The minimum absolute atomic E-state index is 0.0638. The minimum Gasteiger partial charge on any atom is -0.393 e. The van der Waals surface area contributed by atoms with E-state index in [1.54, 1.807) is 17.0 Å². The number of hydrogen-bond acceptors (Lipinski definition) is 4. The molecule has 0 bridgehead atoms. The van der Waals surface area contributed by atoms with E-state index in [1.807, 2.05) is 18.7 Å². The summed E-state index contributed by atoms with van der Waals surface area (Å²) >= 11 is 4.93. The molecule has 0 atom stereocenters. The van der Waals surface area contributed by atoms with E-state index in [9.17, 15) is 4.79 Å². The maximum absolute atomic E-state index is 12.5. The van der Waals surface area contributed by atoms with E-state index in [1.165, 1.54) is 0 Å². The van der Waals surface area contributed by atoms with Gasteiger partial charge in [0, 0.05) is 37.9 Å². The van der Waals surface area contributed by atoms with Gasteiger partial charge in [-0.15, -0.1) is 0 Å². The highest BCUT2D eigenvalue weighted by Crippen LogP contribution is 2.10. The van der Waals surface area contributed by atoms with Crippen LogP contribution in [0.15, 0.2) is 17.2 Å². The SMILES string of the molecule is CC(C)CN(CCC(N)=S)c1nccn(C(C)C)c1=O. The van der Waals surface area contributed by atoms with Gasteiger partial charge in [-0.1, -0.05) is 26.1 Å². The predicted octanol–water partition coefficient (Wildman–Crippen LogP) is 1.96. The third-order valence-electron chi connectivity index (χ3n) is 2.92. The van der Waals surface area contributed by atoms with Crippen LogP contribution in [-0.2, 0) is 0 Å². The molecule has 0 aliphatic rings. The second-order valence-electron chi connectivity index (χ2n) is 5.61. The molecule has 1 aromatic rings. The number of nitrogens with two attached hydrogens (primary N) is 1. The highest BCUT2D eigenvalue weighted by molar-refractivity contribution is 7.80. The van der Waals surface area contributed by atoms with Crippen molar-refractivity contribution in [1.82, 2.24) is 9.55 Å². The predicted molar refractivity (Wildman–Crippen MR) is 87.3 cm³/mol. The van der Waals surface area contributed by atoms with Crippen LogP contribution in [0, 0.1) is 5.92 Å². The summed E-state index contributed by atoms with van der Waals surface area (Å²) in [6, 6.07) is 0.112. The molecule has 1 heterocycles. The Balaban J connectivity index is 3.09. The van der Waals surface area contributed by atoms with Crippen LogP contribution in [0.2, 0.25) is 0 Å². The molecular formula is C14H24N4OS. The van der Waals surface area contributed by atoms with Gasteiger partial charge >= 0.3 is 0 Å². The Labute approximate surface area is 125 Å². The average molecular weight is 296 g/mol. The zero-order valence-corrected chi connectivity index (χ0v) is 13.5. The number of nitrogens with zero attached hydrogens (tertiary/aromatic N) is 3. The molecule has 0 fully saturated rings. The first-order valence-electron chi connectivity index (χ1n) is 6.93. The lowest BCUT2D eigenvalue weighted by Crippen LogP contribution is -2.37. The van der Waals surface area contributed by atoms with Crippen molar-refractivity contribution >= 4 is 23.0 Å². The molecule has 20 heavy (non-hydrogen) atoms. The van der Waals surface area contributed by atoms with Crippen molar-refractivity contribution in [2.75, 3.05) is 18.0 Å². The first-order valence-corrected chi connectivity index (χ1v) is 7.34. The van der Waals surface area contributed by atoms with Crippen LogP contribution in [-0.4, -0.2) is 27.6 Å². The number of aromatic nitrogens is 2. The maximum Gasteiger partial charge on any atom is 0.293 e. The van der Waals surface area contributed by atoms with Gasteiger partial charge in [-0.3, -0.25) is 4.79 Å². The third kappa shape index (κ3) is 4.59. The van der Waals surface area contributed by atoms with Crippen molar-refractivity contribution in [3.05, 3.63) is 22.7 Å². The molecule has 0 radical (unpaired) electrons. The average Bonchev–Trinajstić information content (AvgIpc) is 2.34.